The van der Waals surface area contributed by atoms with Gasteiger partial charge in [0.15, 0.2) is 0 Å². The van der Waals surface area contributed by atoms with Crippen molar-refractivity contribution in [2.75, 3.05) is 7.05 Å². The first kappa shape index (κ1) is 12.8. The van der Waals surface area contributed by atoms with Crippen LogP contribution in [0.3, 0.4) is 0 Å². The van der Waals surface area contributed by atoms with Crippen LogP contribution in [0.5, 0.6) is 0 Å². The summed E-state index contributed by atoms with van der Waals surface area (Å²) in [5, 5.41) is 18.4. The lowest BCUT2D eigenvalue weighted by Gasteiger charge is -2.12. The fraction of sp³-hybridized carbons (Fsp3) is 0.583. The molecule has 0 saturated heterocycles. The summed E-state index contributed by atoms with van der Waals surface area (Å²) in [5.74, 6) is 0. The topological polar surface area (TPSA) is 71.4 Å². The van der Waals surface area contributed by atoms with Crippen molar-refractivity contribution in [2.45, 2.75) is 38.8 Å². The Hall–Kier alpha value is -1.69. The van der Waals surface area contributed by atoms with Crippen LogP contribution in [-0.4, -0.2) is 32.2 Å². The van der Waals surface area contributed by atoms with Crippen molar-refractivity contribution in [1.29, 1.82) is 0 Å². The summed E-state index contributed by atoms with van der Waals surface area (Å²) in [4.78, 5) is 0. The monoisotopic (exact) mass is 248 g/mol. The minimum absolute atomic E-state index is 0.143. The van der Waals surface area contributed by atoms with Crippen LogP contribution in [0, 0.1) is 0 Å². The van der Waals surface area contributed by atoms with E-state index in [-0.39, 0.29) is 6.04 Å². The average molecular weight is 248 g/mol. The maximum atomic E-state index is 4.60. The molecule has 0 fully saturated rings. The number of hydrogen-bond donors (Lipinski definition) is 2. The van der Waals surface area contributed by atoms with E-state index in [1.165, 1.54) is 0 Å². The molecular formula is C12H20N6. The van der Waals surface area contributed by atoms with Crippen molar-refractivity contribution in [3.8, 4) is 0 Å². The van der Waals surface area contributed by atoms with Gasteiger partial charge in [-0.25, -0.2) is 0 Å². The van der Waals surface area contributed by atoms with Gasteiger partial charge in [-0.3, -0.25) is 4.68 Å². The van der Waals surface area contributed by atoms with Crippen LogP contribution in [-0.2, 0) is 6.42 Å². The molecular weight excluding hydrogens is 228 g/mol. The van der Waals surface area contributed by atoms with Crippen LogP contribution in [0.1, 0.15) is 43.7 Å². The number of rotatable bonds is 6. The van der Waals surface area contributed by atoms with Gasteiger partial charge >= 0.3 is 0 Å². The zero-order valence-electron chi connectivity index (χ0n) is 11.1. The Morgan fingerprint density at radius 3 is 2.94 bits per heavy atom. The minimum atomic E-state index is 0.143. The highest BCUT2D eigenvalue weighted by atomic mass is 15.3. The zero-order chi connectivity index (χ0) is 13.0. The van der Waals surface area contributed by atoms with E-state index in [4.69, 9.17) is 0 Å². The quantitative estimate of drug-likeness (QED) is 0.812. The van der Waals surface area contributed by atoms with Crippen molar-refractivity contribution in [3.63, 3.8) is 0 Å². The SMILES string of the molecule is CCC(C)n1ccc(CC(NC)c2cn[nH]n2)n1. The third-order valence-electron chi connectivity index (χ3n) is 3.26. The fourth-order valence-electron chi connectivity index (χ4n) is 1.86. The van der Waals surface area contributed by atoms with Crippen LogP contribution in [0.2, 0.25) is 0 Å². The summed E-state index contributed by atoms with van der Waals surface area (Å²) in [6, 6.07) is 2.65. The van der Waals surface area contributed by atoms with Crippen molar-refractivity contribution in [2.24, 2.45) is 0 Å². The van der Waals surface area contributed by atoms with E-state index >= 15 is 0 Å². The van der Waals surface area contributed by atoms with Crippen LogP contribution >= 0.6 is 0 Å². The predicted octanol–water partition coefficient (Wildman–Crippen LogP) is 1.48. The predicted molar refractivity (Wildman–Crippen MR) is 69.1 cm³/mol. The summed E-state index contributed by atoms with van der Waals surface area (Å²) in [7, 11) is 1.92. The number of aromatic amines is 1. The van der Waals surface area contributed by atoms with E-state index < -0.39 is 0 Å². The van der Waals surface area contributed by atoms with Crippen LogP contribution in [0.4, 0.5) is 0 Å². The third kappa shape index (κ3) is 2.76. The summed E-state index contributed by atoms with van der Waals surface area (Å²) in [5.41, 5.74) is 1.98. The van der Waals surface area contributed by atoms with E-state index in [9.17, 15) is 0 Å². The molecule has 2 unspecified atom stereocenters. The van der Waals surface area contributed by atoms with Crippen molar-refractivity contribution in [3.05, 3.63) is 29.8 Å². The van der Waals surface area contributed by atoms with Gasteiger partial charge in [0.2, 0.25) is 0 Å². The summed E-state index contributed by atoms with van der Waals surface area (Å²) >= 11 is 0. The molecule has 0 aliphatic heterocycles. The van der Waals surface area contributed by atoms with E-state index in [2.05, 4.69) is 45.7 Å². The standard InChI is InChI=1S/C12H20N6/c1-4-9(2)18-6-5-10(16-18)7-11(13-3)12-8-14-17-15-12/h5-6,8-9,11,13H,4,7H2,1-3H3,(H,14,15,17). The molecule has 2 heterocycles. The molecule has 6 nitrogen and oxygen atoms in total. The smallest absolute Gasteiger partial charge is 0.0997 e. The summed E-state index contributed by atoms with van der Waals surface area (Å²) in [6.45, 7) is 4.34. The highest BCUT2D eigenvalue weighted by Gasteiger charge is 2.15. The molecule has 98 valence electrons. The van der Waals surface area contributed by atoms with Gasteiger partial charge in [-0.1, -0.05) is 6.92 Å². The Bertz CT molecular complexity index is 461. The molecule has 18 heavy (non-hydrogen) atoms. The number of H-pyrrole nitrogens is 1. The normalized spacial score (nSPS) is 14.6. The molecule has 2 N–H and O–H groups in total. The summed E-state index contributed by atoms with van der Waals surface area (Å²) < 4.78 is 2.02. The van der Waals surface area contributed by atoms with Crippen molar-refractivity contribution >= 4 is 0 Å². The molecule has 2 aromatic rings. The number of hydrogen-bond acceptors (Lipinski definition) is 4. The molecule has 0 amide bonds. The van der Waals surface area contributed by atoms with Crippen LogP contribution < -0.4 is 5.32 Å². The van der Waals surface area contributed by atoms with Gasteiger partial charge in [-0.05, 0) is 26.5 Å². The number of nitrogens with one attached hydrogen (secondary N) is 2. The van der Waals surface area contributed by atoms with Gasteiger partial charge in [0.25, 0.3) is 0 Å². The van der Waals surface area contributed by atoms with E-state index in [0.717, 1.165) is 24.2 Å². The largest absolute Gasteiger partial charge is 0.311 e. The van der Waals surface area contributed by atoms with Gasteiger partial charge in [0, 0.05) is 18.7 Å². The molecule has 0 saturated carbocycles. The zero-order valence-corrected chi connectivity index (χ0v) is 11.1. The van der Waals surface area contributed by atoms with Crippen molar-refractivity contribution in [1.82, 2.24) is 30.5 Å². The Balaban J connectivity index is 2.06. The molecule has 2 aromatic heterocycles. The second-order valence-electron chi connectivity index (χ2n) is 4.48. The van der Waals surface area contributed by atoms with Gasteiger partial charge in [-0.15, -0.1) is 0 Å². The third-order valence-corrected chi connectivity index (χ3v) is 3.26. The first-order chi connectivity index (χ1) is 8.74. The van der Waals surface area contributed by atoms with E-state index in [0.29, 0.717) is 6.04 Å². The van der Waals surface area contributed by atoms with Gasteiger partial charge in [0.1, 0.15) is 0 Å². The number of aromatic nitrogens is 5. The maximum absolute atomic E-state index is 4.60. The first-order valence-electron chi connectivity index (χ1n) is 6.31. The molecule has 0 aliphatic rings. The molecule has 6 heteroatoms. The maximum Gasteiger partial charge on any atom is 0.0997 e. The lowest BCUT2D eigenvalue weighted by atomic mass is 10.1. The molecule has 0 spiro atoms. The molecule has 0 aromatic carbocycles. The second kappa shape index (κ2) is 5.77. The Labute approximate surface area is 107 Å². The molecule has 2 atom stereocenters. The van der Waals surface area contributed by atoms with Crippen LogP contribution in [0.15, 0.2) is 18.5 Å². The number of nitrogens with zero attached hydrogens (tertiary/aromatic N) is 4. The Kier molecular flexibility index (Phi) is 4.09. The first-order valence-corrected chi connectivity index (χ1v) is 6.31. The Morgan fingerprint density at radius 2 is 2.33 bits per heavy atom. The fourth-order valence-corrected chi connectivity index (χ4v) is 1.86. The highest BCUT2D eigenvalue weighted by molar-refractivity contribution is 5.08. The molecule has 2 rings (SSSR count). The second-order valence-corrected chi connectivity index (χ2v) is 4.48. The van der Waals surface area contributed by atoms with E-state index in [1.807, 2.05) is 17.9 Å². The van der Waals surface area contributed by atoms with Gasteiger partial charge < -0.3 is 5.32 Å². The Morgan fingerprint density at radius 1 is 1.50 bits per heavy atom. The molecule has 0 bridgehead atoms. The van der Waals surface area contributed by atoms with Gasteiger partial charge in [-0.2, -0.15) is 20.5 Å². The van der Waals surface area contributed by atoms with Crippen molar-refractivity contribution < 1.29 is 0 Å². The van der Waals surface area contributed by atoms with Crippen LogP contribution in [0.25, 0.3) is 0 Å². The number of likely N-dealkylation sites (N-methyl/N-ethyl adjacent to an activating group) is 1. The lowest BCUT2D eigenvalue weighted by Crippen LogP contribution is -2.19. The summed E-state index contributed by atoms with van der Waals surface area (Å²) in [6.07, 6.45) is 5.68. The average Bonchev–Trinajstić information content (AvgIpc) is 3.05. The van der Waals surface area contributed by atoms with E-state index in [1.54, 1.807) is 6.20 Å². The minimum Gasteiger partial charge on any atom is -0.311 e. The lowest BCUT2D eigenvalue weighted by molar-refractivity contribution is 0.468. The van der Waals surface area contributed by atoms with Gasteiger partial charge in [0.05, 0.1) is 23.6 Å². The molecule has 0 radical (unpaired) electrons. The molecule has 0 aliphatic carbocycles. The highest BCUT2D eigenvalue weighted by Crippen LogP contribution is 2.15.